The van der Waals surface area contributed by atoms with Crippen LogP contribution in [-0.4, -0.2) is 37.2 Å². The van der Waals surface area contributed by atoms with E-state index in [4.69, 9.17) is 18.9 Å². The molecule has 0 radical (unpaired) electrons. The highest BCUT2D eigenvalue weighted by atomic mass is 16.6. The minimum atomic E-state index is -0.486. The topological polar surface area (TPSA) is 88.1 Å². The Kier molecular flexibility index (Phi) is 8.41. The number of ether oxygens (including phenoxy) is 4. The zero-order valence-corrected chi connectivity index (χ0v) is 18.5. The van der Waals surface area contributed by atoms with Crippen molar-refractivity contribution in [3.63, 3.8) is 0 Å². The van der Waals surface area contributed by atoms with E-state index in [2.05, 4.69) is 6.58 Å². The van der Waals surface area contributed by atoms with Crippen LogP contribution in [0.15, 0.2) is 66.8 Å². The van der Waals surface area contributed by atoms with Crippen molar-refractivity contribution in [2.45, 2.75) is 32.3 Å². The Morgan fingerprint density at radius 1 is 1.09 bits per heavy atom. The maximum absolute atomic E-state index is 12.4. The lowest BCUT2D eigenvalue weighted by Crippen LogP contribution is -2.09. The van der Waals surface area contributed by atoms with Gasteiger partial charge in [0.2, 0.25) is 0 Å². The molecule has 3 rings (SSSR count). The number of cyclic esters (lactones) is 1. The zero-order valence-electron chi connectivity index (χ0n) is 18.5. The third kappa shape index (κ3) is 7.35. The van der Waals surface area contributed by atoms with Crippen LogP contribution in [0.5, 0.6) is 11.5 Å². The molecule has 1 aliphatic rings. The van der Waals surface area contributed by atoms with Gasteiger partial charge in [-0.25, -0.2) is 14.4 Å². The van der Waals surface area contributed by atoms with Gasteiger partial charge in [-0.15, -0.1) is 0 Å². The fourth-order valence-corrected chi connectivity index (χ4v) is 3.15. The number of hydrogen-bond donors (Lipinski definition) is 0. The van der Waals surface area contributed by atoms with Crippen molar-refractivity contribution >= 4 is 24.0 Å². The standard InChI is InChI=1S/C26H26O7/c1-3-30-24(27)15-8-19-6-11-22(12-7-19)32-26(29)20-9-13-21(14-10-20)31-16-4-5-23-17-18(2)25(28)33-23/h6-15,23H,2-5,16-17H2,1H3. The third-order valence-electron chi connectivity index (χ3n) is 4.85. The van der Waals surface area contributed by atoms with Gasteiger partial charge >= 0.3 is 17.9 Å². The van der Waals surface area contributed by atoms with E-state index in [9.17, 15) is 14.4 Å². The molecule has 0 saturated carbocycles. The fourth-order valence-electron chi connectivity index (χ4n) is 3.15. The predicted molar refractivity (Wildman–Crippen MR) is 122 cm³/mol. The van der Waals surface area contributed by atoms with Crippen LogP contribution in [0, 0.1) is 0 Å². The molecule has 0 amide bonds. The second-order valence-electron chi connectivity index (χ2n) is 7.39. The minimum Gasteiger partial charge on any atom is -0.494 e. The van der Waals surface area contributed by atoms with Crippen LogP contribution >= 0.6 is 0 Å². The van der Waals surface area contributed by atoms with Gasteiger partial charge in [0.15, 0.2) is 0 Å². The summed E-state index contributed by atoms with van der Waals surface area (Å²) in [7, 11) is 0. The quantitative estimate of drug-likeness (QED) is 0.228. The zero-order chi connectivity index (χ0) is 23.6. The SMILES string of the molecule is C=C1CC(CCCOc2ccc(C(=O)Oc3ccc(C=CC(=O)OCC)cc3)cc2)OC1=O. The molecule has 1 unspecified atom stereocenters. The molecule has 7 nitrogen and oxygen atoms in total. The number of carbonyl (C=O) groups is 3. The average molecular weight is 450 g/mol. The van der Waals surface area contributed by atoms with Gasteiger partial charge in [0.25, 0.3) is 0 Å². The Morgan fingerprint density at radius 3 is 2.42 bits per heavy atom. The molecule has 1 heterocycles. The lowest BCUT2D eigenvalue weighted by molar-refractivity contribution is -0.139. The first kappa shape index (κ1) is 23.8. The number of rotatable bonds is 10. The predicted octanol–water partition coefficient (Wildman–Crippen LogP) is 4.51. The van der Waals surface area contributed by atoms with Gasteiger partial charge in [-0.05, 0) is 67.8 Å². The second kappa shape index (κ2) is 11.7. The summed E-state index contributed by atoms with van der Waals surface area (Å²) in [6.45, 7) is 6.21. The summed E-state index contributed by atoms with van der Waals surface area (Å²) in [4.78, 5) is 35.0. The molecule has 33 heavy (non-hydrogen) atoms. The first-order valence-corrected chi connectivity index (χ1v) is 10.7. The first-order valence-electron chi connectivity index (χ1n) is 10.7. The van der Waals surface area contributed by atoms with Gasteiger partial charge in [0.05, 0.1) is 18.8 Å². The Labute approximate surface area is 192 Å². The smallest absolute Gasteiger partial charge is 0.343 e. The van der Waals surface area contributed by atoms with Crippen molar-refractivity contribution in [1.29, 1.82) is 0 Å². The van der Waals surface area contributed by atoms with Crippen molar-refractivity contribution < 1.29 is 33.3 Å². The molecule has 1 atom stereocenters. The Bertz CT molecular complexity index is 1000. The molecule has 7 heteroatoms. The number of carbonyl (C=O) groups excluding carboxylic acids is 3. The second-order valence-corrected chi connectivity index (χ2v) is 7.39. The van der Waals surface area contributed by atoms with E-state index < -0.39 is 11.9 Å². The van der Waals surface area contributed by atoms with E-state index in [-0.39, 0.29) is 12.1 Å². The summed E-state index contributed by atoms with van der Waals surface area (Å²) in [5.41, 5.74) is 1.69. The number of hydrogen-bond acceptors (Lipinski definition) is 7. The first-order chi connectivity index (χ1) is 15.9. The van der Waals surface area contributed by atoms with Gasteiger partial charge < -0.3 is 18.9 Å². The molecule has 1 saturated heterocycles. The highest BCUT2D eigenvalue weighted by Gasteiger charge is 2.26. The number of esters is 3. The maximum Gasteiger partial charge on any atom is 0.343 e. The van der Waals surface area contributed by atoms with E-state index in [1.54, 1.807) is 61.5 Å². The van der Waals surface area contributed by atoms with Crippen LogP contribution in [0.4, 0.5) is 0 Å². The van der Waals surface area contributed by atoms with Gasteiger partial charge in [0.1, 0.15) is 17.6 Å². The van der Waals surface area contributed by atoms with E-state index in [0.717, 1.165) is 12.0 Å². The molecule has 172 valence electrons. The molecule has 0 N–H and O–H groups in total. The highest BCUT2D eigenvalue weighted by Crippen LogP contribution is 2.22. The largest absolute Gasteiger partial charge is 0.494 e. The molecular formula is C26H26O7. The molecular weight excluding hydrogens is 424 g/mol. The Morgan fingerprint density at radius 2 is 1.79 bits per heavy atom. The normalized spacial score (nSPS) is 15.4. The summed E-state index contributed by atoms with van der Waals surface area (Å²) >= 11 is 0. The lowest BCUT2D eigenvalue weighted by Gasteiger charge is -2.10. The van der Waals surface area contributed by atoms with Crippen molar-refractivity contribution in [3.8, 4) is 11.5 Å². The van der Waals surface area contributed by atoms with Crippen molar-refractivity contribution in [2.24, 2.45) is 0 Å². The van der Waals surface area contributed by atoms with E-state index in [1.165, 1.54) is 6.08 Å². The lowest BCUT2D eigenvalue weighted by atomic mass is 10.1. The van der Waals surface area contributed by atoms with Crippen molar-refractivity contribution in [3.05, 3.63) is 77.9 Å². The fraction of sp³-hybridized carbons (Fsp3) is 0.269. The van der Waals surface area contributed by atoms with E-state index in [1.807, 2.05) is 0 Å². The highest BCUT2D eigenvalue weighted by molar-refractivity contribution is 5.91. The summed E-state index contributed by atoms with van der Waals surface area (Å²) in [5.74, 6) is -0.183. The van der Waals surface area contributed by atoms with Gasteiger partial charge in [-0.1, -0.05) is 18.7 Å². The molecule has 0 aromatic heterocycles. The van der Waals surface area contributed by atoms with Crippen molar-refractivity contribution in [1.82, 2.24) is 0 Å². The van der Waals surface area contributed by atoms with E-state index >= 15 is 0 Å². The molecule has 0 bridgehead atoms. The molecule has 1 fully saturated rings. The molecule has 0 aliphatic carbocycles. The van der Waals surface area contributed by atoms with Crippen molar-refractivity contribution in [2.75, 3.05) is 13.2 Å². The Balaban J connectivity index is 1.42. The summed E-state index contributed by atoms with van der Waals surface area (Å²) < 4.78 is 21.1. The van der Waals surface area contributed by atoms with Crippen LogP contribution in [-0.2, 0) is 19.1 Å². The minimum absolute atomic E-state index is 0.117. The van der Waals surface area contributed by atoms with Crippen LogP contribution in [0.1, 0.15) is 42.1 Å². The van der Waals surface area contributed by atoms with Gasteiger partial charge in [-0.3, -0.25) is 0 Å². The van der Waals surface area contributed by atoms with Crippen LogP contribution in [0.25, 0.3) is 6.08 Å². The van der Waals surface area contributed by atoms with Crippen LogP contribution in [0.2, 0.25) is 0 Å². The van der Waals surface area contributed by atoms with Crippen LogP contribution < -0.4 is 9.47 Å². The molecule has 2 aromatic rings. The average Bonchev–Trinajstić information content (AvgIpc) is 3.14. The maximum atomic E-state index is 12.4. The summed E-state index contributed by atoms with van der Waals surface area (Å²) in [5, 5.41) is 0. The van der Waals surface area contributed by atoms with Gasteiger partial charge in [0, 0.05) is 18.1 Å². The third-order valence-corrected chi connectivity index (χ3v) is 4.85. The molecule has 0 spiro atoms. The van der Waals surface area contributed by atoms with Gasteiger partial charge in [-0.2, -0.15) is 0 Å². The van der Waals surface area contributed by atoms with E-state index in [0.29, 0.717) is 48.7 Å². The summed E-state index contributed by atoms with van der Waals surface area (Å²) in [6, 6.07) is 13.5. The Hall–Kier alpha value is -3.87. The monoisotopic (exact) mass is 450 g/mol. The number of benzene rings is 2. The summed E-state index contributed by atoms with van der Waals surface area (Å²) in [6.07, 6.45) is 4.87. The molecule has 2 aromatic carbocycles. The van der Waals surface area contributed by atoms with Crippen LogP contribution in [0.3, 0.4) is 0 Å². The molecule has 1 aliphatic heterocycles.